The Morgan fingerprint density at radius 1 is 0.312 bits per heavy atom. The zero-order chi connectivity index (χ0) is 31.9. The van der Waals surface area contributed by atoms with Gasteiger partial charge in [-0.1, -0.05) is 133 Å². The van der Waals surface area contributed by atoms with Crippen LogP contribution in [0.3, 0.4) is 0 Å². The van der Waals surface area contributed by atoms with Crippen LogP contribution >= 0.6 is 0 Å². The molecule has 0 amide bonds. The summed E-state index contributed by atoms with van der Waals surface area (Å²) >= 11 is 0. The highest BCUT2D eigenvalue weighted by molar-refractivity contribution is 6.22. The van der Waals surface area contributed by atoms with Crippen molar-refractivity contribution in [2.45, 2.75) is 0 Å². The summed E-state index contributed by atoms with van der Waals surface area (Å²) in [4.78, 5) is 2.38. The molecule has 0 N–H and O–H groups in total. The van der Waals surface area contributed by atoms with Crippen LogP contribution in [0.4, 0.5) is 17.1 Å². The number of anilines is 3. The maximum absolute atomic E-state index is 6.51. The Bertz CT molecular complexity index is 2480. The quantitative estimate of drug-likeness (QED) is 0.185. The summed E-state index contributed by atoms with van der Waals surface area (Å²) in [6.07, 6.45) is 0. The van der Waals surface area contributed by atoms with E-state index in [-0.39, 0.29) is 0 Å². The lowest BCUT2D eigenvalue weighted by atomic mass is 9.94. The molecular formula is C46H31NO. The lowest BCUT2D eigenvalue weighted by Gasteiger charge is -2.27. The average Bonchev–Trinajstić information content (AvgIpc) is 3.55. The van der Waals surface area contributed by atoms with Crippen LogP contribution in [-0.2, 0) is 0 Å². The third-order valence-electron chi connectivity index (χ3n) is 9.21. The first-order valence-electron chi connectivity index (χ1n) is 16.3. The van der Waals surface area contributed by atoms with Crippen molar-refractivity contribution in [3.63, 3.8) is 0 Å². The molecule has 0 spiro atoms. The fourth-order valence-corrected chi connectivity index (χ4v) is 6.98. The van der Waals surface area contributed by atoms with E-state index in [2.05, 4.69) is 187 Å². The number of fused-ring (bicyclic) bond motifs is 5. The van der Waals surface area contributed by atoms with Gasteiger partial charge in [-0.05, 0) is 98.8 Å². The molecule has 8 aromatic carbocycles. The van der Waals surface area contributed by atoms with Gasteiger partial charge in [-0.15, -0.1) is 0 Å². The largest absolute Gasteiger partial charge is 0.456 e. The van der Waals surface area contributed by atoms with Crippen molar-refractivity contribution >= 4 is 49.8 Å². The van der Waals surface area contributed by atoms with Crippen molar-refractivity contribution in [1.29, 1.82) is 0 Å². The van der Waals surface area contributed by atoms with Gasteiger partial charge in [-0.3, -0.25) is 0 Å². The Labute approximate surface area is 279 Å². The fourth-order valence-electron chi connectivity index (χ4n) is 6.98. The van der Waals surface area contributed by atoms with E-state index in [1.807, 2.05) is 6.07 Å². The van der Waals surface area contributed by atoms with Crippen molar-refractivity contribution in [2.24, 2.45) is 0 Å². The van der Waals surface area contributed by atoms with E-state index in [9.17, 15) is 0 Å². The molecule has 1 heterocycles. The second-order valence-electron chi connectivity index (χ2n) is 12.2. The van der Waals surface area contributed by atoms with Crippen LogP contribution in [0.5, 0.6) is 0 Å². The van der Waals surface area contributed by atoms with Gasteiger partial charge in [0.25, 0.3) is 0 Å². The highest BCUT2D eigenvalue weighted by atomic mass is 16.3. The zero-order valence-corrected chi connectivity index (χ0v) is 26.3. The van der Waals surface area contributed by atoms with Gasteiger partial charge in [0.1, 0.15) is 11.2 Å². The summed E-state index contributed by atoms with van der Waals surface area (Å²) in [5, 5.41) is 4.62. The van der Waals surface area contributed by atoms with Crippen molar-refractivity contribution < 1.29 is 4.42 Å². The van der Waals surface area contributed by atoms with E-state index in [1.54, 1.807) is 0 Å². The second-order valence-corrected chi connectivity index (χ2v) is 12.2. The van der Waals surface area contributed by atoms with Gasteiger partial charge in [0.2, 0.25) is 0 Å². The predicted molar refractivity (Wildman–Crippen MR) is 202 cm³/mol. The number of para-hydroxylation sites is 2. The predicted octanol–water partition coefficient (Wildman–Crippen LogP) is 13.2. The molecule has 0 saturated carbocycles. The molecule has 0 fully saturated rings. The lowest BCUT2D eigenvalue weighted by Crippen LogP contribution is -2.10. The molecule has 48 heavy (non-hydrogen) atoms. The normalized spacial score (nSPS) is 11.3. The number of hydrogen-bond donors (Lipinski definition) is 0. The third-order valence-corrected chi connectivity index (χ3v) is 9.21. The minimum atomic E-state index is 0.892. The van der Waals surface area contributed by atoms with Crippen LogP contribution in [-0.4, -0.2) is 0 Å². The second kappa shape index (κ2) is 11.8. The van der Waals surface area contributed by atoms with Crippen LogP contribution in [0, 0.1) is 0 Å². The molecule has 9 rings (SSSR count). The van der Waals surface area contributed by atoms with Crippen molar-refractivity contribution in [1.82, 2.24) is 0 Å². The zero-order valence-electron chi connectivity index (χ0n) is 26.3. The summed E-state index contributed by atoms with van der Waals surface area (Å²) in [7, 11) is 0. The third kappa shape index (κ3) is 4.92. The van der Waals surface area contributed by atoms with Gasteiger partial charge in [0.15, 0.2) is 0 Å². The van der Waals surface area contributed by atoms with Crippen LogP contribution in [0.2, 0.25) is 0 Å². The van der Waals surface area contributed by atoms with E-state index in [4.69, 9.17) is 4.42 Å². The average molecular weight is 614 g/mol. The first kappa shape index (κ1) is 27.9. The summed E-state index contributed by atoms with van der Waals surface area (Å²) in [5.74, 6) is 0. The maximum Gasteiger partial charge on any atom is 0.136 e. The molecule has 0 unspecified atom stereocenters. The van der Waals surface area contributed by atoms with Crippen molar-refractivity contribution in [2.75, 3.05) is 4.90 Å². The highest BCUT2D eigenvalue weighted by Gasteiger charge is 2.20. The number of nitrogens with zero attached hydrogens (tertiary/aromatic N) is 1. The van der Waals surface area contributed by atoms with E-state index in [0.29, 0.717) is 0 Å². The lowest BCUT2D eigenvalue weighted by molar-refractivity contribution is 0.669. The van der Waals surface area contributed by atoms with E-state index in [1.165, 1.54) is 33.2 Å². The summed E-state index contributed by atoms with van der Waals surface area (Å²) < 4.78 is 6.51. The summed E-state index contributed by atoms with van der Waals surface area (Å²) in [6, 6.07) is 66.9. The Morgan fingerprint density at radius 3 is 1.52 bits per heavy atom. The molecule has 2 heteroatoms. The minimum absolute atomic E-state index is 0.892. The Morgan fingerprint density at radius 2 is 0.875 bits per heavy atom. The molecule has 226 valence electrons. The minimum Gasteiger partial charge on any atom is -0.456 e. The molecule has 0 aliphatic heterocycles. The number of rotatable bonds is 6. The first-order valence-corrected chi connectivity index (χ1v) is 16.3. The van der Waals surface area contributed by atoms with Gasteiger partial charge >= 0.3 is 0 Å². The highest BCUT2D eigenvalue weighted by Crippen LogP contribution is 2.44. The van der Waals surface area contributed by atoms with Gasteiger partial charge in [0, 0.05) is 27.8 Å². The van der Waals surface area contributed by atoms with Crippen LogP contribution in [0.25, 0.3) is 66.1 Å². The molecule has 0 aliphatic rings. The van der Waals surface area contributed by atoms with Crippen LogP contribution < -0.4 is 4.90 Å². The molecular weight excluding hydrogens is 583 g/mol. The van der Waals surface area contributed by atoms with E-state index < -0.39 is 0 Å². The Hall–Kier alpha value is -6.38. The molecule has 9 aromatic rings. The molecule has 0 atom stereocenters. The topological polar surface area (TPSA) is 16.4 Å². The fraction of sp³-hybridized carbons (Fsp3) is 0. The molecule has 0 bridgehead atoms. The number of benzene rings is 8. The van der Waals surface area contributed by atoms with Crippen LogP contribution in [0.15, 0.2) is 192 Å². The number of hydrogen-bond acceptors (Lipinski definition) is 2. The van der Waals surface area contributed by atoms with Crippen molar-refractivity contribution in [3.05, 3.63) is 188 Å². The summed E-state index contributed by atoms with van der Waals surface area (Å²) in [6.45, 7) is 0. The Balaban J connectivity index is 1.33. The van der Waals surface area contributed by atoms with Crippen molar-refractivity contribution in [3.8, 4) is 33.4 Å². The van der Waals surface area contributed by atoms with Gasteiger partial charge < -0.3 is 9.32 Å². The first-order chi connectivity index (χ1) is 23.8. The van der Waals surface area contributed by atoms with E-state index in [0.717, 1.165) is 50.0 Å². The van der Waals surface area contributed by atoms with Gasteiger partial charge in [-0.2, -0.15) is 0 Å². The SMILES string of the molecule is c1ccc(-c2cc(-c3ccccc3)cc(N(c3ccccc3)c3ccc4c(-c5ccccc5)cc5oc6ccccc6c5c4c3)c2)cc1. The standard InChI is InChI=1S/C46H31NO/c1-5-15-32(16-6-1)35-27-36(33-17-7-2-8-18-33)29-39(28-35)47(37-21-11-4-12-22-37)38-25-26-40-42(34-19-9-3-10-20-34)31-45-46(43(40)30-38)41-23-13-14-24-44(41)48-45/h1-31H. The maximum atomic E-state index is 6.51. The summed E-state index contributed by atoms with van der Waals surface area (Å²) in [5.41, 5.74) is 12.1. The van der Waals surface area contributed by atoms with Gasteiger partial charge in [-0.25, -0.2) is 0 Å². The molecule has 1 aromatic heterocycles. The molecule has 0 aliphatic carbocycles. The molecule has 0 saturated heterocycles. The molecule has 2 nitrogen and oxygen atoms in total. The number of furan rings is 1. The Kier molecular flexibility index (Phi) is 6.84. The smallest absolute Gasteiger partial charge is 0.136 e. The van der Waals surface area contributed by atoms with E-state index >= 15 is 0 Å². The molecule has 0 radical (unpaired) electrons. The van der Waals surface area contributed by atoms with Crippen LogP contribution in [0.1, 0.15) is 0 Å². The monoisotopic (exact) mass is 613 g/mol. The van der Waals surface area contributed by atoms with Gasteiger partial charge in [0.05, 0.1) is 0 Å².